The minimum atomic E-state index is -0.403. The lowest BCUT2D eigenvalue weighted by molar-refractivity contribution is -0.121. The average molecular weight is 453 g/mol. The van der Waals surface area contributed by atoms with E-state index in [2.05, 4.69) is 5.32 Å². The SMILES string of the molecule is COc1cccc(OC)c1C(=O)Nc1ccc2c(c1)N(Cc1ccccc1Cl)C(=O)CO2. The number of hydrogen-bond acceptors (Lipinski definition) is 5. The summed E-state index contributed by atoms with van der Waals surface area (Å²) < 4.78 is 16.2. The van der Waals surface area contributed by atoms with E-state index in [4.69, 9.17) is 25.8 Å². The summed E-state index contributed by atoms with van der Waals surface area (Å²) in [5.41, 5.74) is 2.12. The molecule has 0 fully saturated rings. The third-order valence-electron chi connectivity index (χ3n) is 5.10. The Kier molecular flexibility index (Phi) is 6.18. The van der Waals surface area contributed by atoms with Gasteiger partial charge < -0.3 is 24.4 Å². The van der Waals surface area contributed by atoms with E-state index in [1.165, 1.54) is 14.2 Å². The highest BCUT2D eigenvalue weighted by atomic mass is 35.5. The smallest absolute Gasteiger partial charge is 0.265 e. The summed E-state index contributed by atoms with van der Waals surface area (Å²) in [5, 5.41) is 3.42. The highest BCUT2D eigenvalue weighted by Crippen LogP contribution is 2.37. The van der Waals surface area contributed by atoms with Gasteiger partial charge in [-0.25, -0.2) is 0 Å². The molecule has 0 saturated carbocycles. The maximum atomic E-state index is 13.0. The van der Waals surface area contributed by atoms with Crippen molar-refractivity contribution in [3.8, 4) is 17.2 Å². The molecular formula is C24H21ClN2O5. The lowest BCUT2D eigenvalue weighted by atomic mass is 10.1. The normalized spacial score (nSPS) is 12.6. The first kappa shape index (κ1) is 21.5. The number of rotatable bonds is 6. The Morgan fingerprint density at radius 1 is 1.06 bits per heavy atom. The number of benzene rings is 3. The first-order valence-corrected chi connectivity index (χ1v) is 10.2. The Labute approximate surface area is 190 Å². The van der Waals surface area contributed by atoms with Crippen LogP contribution in [0, 0.1) is 0 Å². The third kappa shape index (κ3) is 4.20. The van der Waals surface area contributed by atoms with Gasteiger partial charge in [-0.15, -0.1) is 0 Å². The van der Waals surface area contributed by atoms with Crippen LogP contribution in [-0.4, -0.2) is 32.6 Å². The van der Waals surface area contributed by atoms with Crippen LogP contribution in [0.3, 0.4) is 0 Å². The van der Waals surface area contributed by atoms with E-state index in [0.717, 1.165) is 5.56 Å². The maximum Gasteiger partial charge on any atom is 0.265 e. The Hall–Kier alpha value is -3.71. The molecule has 164 valence electrons. The van der Waals surface area contributed by atoms with Crippen LogP contribution in [0.2, 0.25) is 5.02 Å². The van der Waals surface area contributed by atoms with Gasteiger partial charge in [0.15, 0.2) is 6.61 Å². The molecule has 1 aliphatic rings. The number of methoxy groups -OCH3 is 2. The molecule has 0 spiro atoms. The largest absolute Gasteiger partial charge is 0.496 e. The number of hydrogen-bond donors (Lipinski definition) is 1. The van der Waals surface area contributed by atoms with Gasteiger partial charge in [-0.1, -0.05) is 35.9 Å². The zero-order valence-corrected chi connectivity index (χ0v) is 18.3. The van der Waals surface area contributed by atoms with Crippen molar-refractivity contribution in [1.29, 1.82) is 0 Å². The first-order chi connectivity index (χ1) is 15.5. The van der Waals surface area contributed by atoms with Crippen LogP contribution in [0.25, 0.3) is 0 Å². The maximum absolute atomic E-state index is 13.0. The van der Waals surface area contributed by atoms with Crippen molar-refractivity contribution in [2.75, 3.05) is 31.0 Å². The van der Waals surface area contributed by atoms with Gasteiger partial charge in [0.05, 0.1) is 26.5 Å². The number of carbonyl (C=O) groups is 2. The fourth-order valence-electron chi connectivity index (χ4n) is 3.52. The van der Waals surface area contributed by atoms with Gasteiger partial charge in [0, 0.05) is 10.7 Å². The summed E-state index contributed by atoms with van der Waals surface area (Å²) in [5.74, 6) is 0.717. The highest BCUT2D eigenvalue weighted by molar-refractivity contribution is 6.31. The molecule has 1 aliphatic heterocycles. The number of ether oxygens (including phenoxy) is 3. The molecule has 0 aliphatic carbocycles. The van der Waals surface area contributed by atoms with Gasteiger partial charge in [0.1, 0.15) is 22.8 Å². The van der Waals surface area contributed by atoms with Crippen LogP contribution in [-0.2, 0) is 11.3 Å². The van der Waals surface area contributed by atoms with Gasteiger partial charge in [0.2, 0.25) is 0 Å². The van der Waals surface area contributed by atoms with Crippen molar-refractivity contribution in [3.05, 3.63) is 76.8 Å². The van der Waals surface area contributed by atoms with Crippen LogP contribution in [0.1, 0.15) is 15.9 Å². The molecule has 4 rings (SSSR count). The number of nitrogens with one attached hydrogen (secondary N) is 1. The molecule has 8 heteroatoms. The summed E-state index contributed by atoms with van der Waals surface area (Å²) in [6, 6.07) is 17.6. The minimum absolute atomic E-state index is 0.0679. The quantitative estimate of drug-likeness (QED) is 0.594. The number of nitrogens with zero attached hydrogens (tertiary/aromatic N) is 1. The first-order valence-electron chi connectivity index (χ1n) is 9.84. The Balaban J connectivity index is 1.65. The predicted octanol–water partition coefficient (Wildman–Crippen LogP) is 4.54. The molecule has 0 radical (unpaired) electrons. The van der Waals surface area contributed by atoms with Crippen molar-refractivity contribution in [2.24, 2.45) is 0 Å². The van der Waals surface area contributed by atoms with E-state index >= 15 is 0 Å². The Morgan fingerprint density at radius 3 is 2.47 bits per heavy atom. The second kappa shape index (κ2) is 9.20. The summed E-state index contributed by atoms with van der Waals surface area (Å²) in [6.45, 7) is 0.216. The van der Waals surface area contributed by atoms with Crippen molar-refractivity contribution in [3.63, 3.8) is 0 Å². The molecule has 0 saturated heterocycles. The van der Waals surface area contributed by atoms with Crippen molar-refractivity contribution in [1.82, 2.24) is 0 Å². The molecule has 2 amide bonds. The molecule has 0 atom stereocenters. The van der Waals surface area contributed by atoms with Gasteiger partial charge in [-0.3, -0.25) is 9.59 Å². The van der Waals surface area contributed by atoms with E-state index in [1.54, 1.807) is 47.4 Å². The molecule has 0 aromatic heterocycles. The zero-order valence-electron chi connectivity index (χ0n) is 17.6. The van der Waals surface area contributed by atoms with E-state index in [-0.39, 0.29) is 24.6 Å². The van der Waals surface area contributed by atoms with Crippen LogP contribution in [0.4, 0.5) is 11.4 Å². The lowest BCUT2D eigenvalue weighted by Crippen LogP contribution is -2.38. The molecule has 3 aromatic rings. The summed E-state index contributed by atoms with van der Waals surface area (Å²) in [6.07, 6.45) is 0. The second-order valence-corrected chi connectivity index (χ2v) is 7.44. The topological polar surface area (TPSA) is 77.1 Å². The zero-order chi connectivity index (χ0) is 22.7. The van der Waals surface area contributed by atoms with Gasteiger partial charge >= 0.3 is 0 Å². The molecule has 1 heterocycles. The van der Waals surface area contributed by atoms with Gasteiger partial charge in [0.25, 0.3) is 11.8 Å². The Bertz CT molecular complexity index is 1160. The number of carbonyl (C=O) groups excluding carboxylic acids is 2. The summed E-state index contributed by atoms with van der Waals surface area (Å²) in [4.78, 5) is 27.3. The molecule has 32 heavy (non-hydrogen) atoms. The number of halogens is 1. The van der Waals surface area contributed by atoms with Crippen molar-refractivity contribution >= 4 is 34.8 Å². The summed E-state index contributed by atoms with van der Waals surface area (Å²) in [7, 11) is 2.97. The highest BCUT2D eigenvalue weighted by Gasteiger charge is 2.27. The minimum Gasteiger partial charge on any atom is -0.496 e. The second-order valence-electron chi connectivity index (χ2n) is 7.03. The molecule has 3 aromatic carbocycles. The van der Waals surface area contributed by atoms with E-state index in [1.807, 2.05) is 18.2 Å². The van der Waals surface area contributed by atoms with E-state index in [0.29, 0.717) is 33.6 Å². The predicted molar refractivity (Wildman–Crippen MR) is 122 cm³/mol. The number of amides is 2. The molecule has 0 bridgehead atoms. The van der Waals surface area contributed by atoms with Crippen LogP contribution in [0.5, 0.6) is 17.2 Å². The van der Waals surface area contributed by atoms with Crippen LogP contribution < -0.4 is 24.4 Å². The van der Waals surface area contributed by atoms with Gasteiger partial charge in [-0.2, -0.15) is 0 Å². The molecule has 1 N–H and O–H groups in total. The van der Waals surface area contributed by atoms with E-state index < -0.39 is 5.91 Å². The van der Waals surface area contributed by atoms with Crippen molar-refractivity contribution in [2.45, 2.75) is 6.54 Å². The third-order valence-corrected chi connectivity index (χ3v) is 5.47. The van der Waals surface area contributed by atoms with E-state index in [9.17, 15) is 9.59 Å². The van der Waals surface area contributed by atoms with Crippen LogP contribution >= 0.6 is 11.6 Å². The summed E-state index contributed by atoms with van der Waals surface area (Å²) >= 11 is 6.29. The molecule has 7 nitrogen and oxygen atoms in total. The fraction of sp³-hybridized carbons (Fsp3) is 0.167. The Morgan fingerprint density at radius 2 is 1.78 bits per heavy atom. The average Bonchev–Trinajstić information content (AvgIpc) is 2.81. The van der Waals surface area contributed by atoms with Gasteiger partial charge in [-0.05, 0) is 42.0 Å². The standard InChI is InChI=1S/C24H21ClN2O5/c1-30-20-8-5-9-21(31-2)23(20)24(29)26-16-10-11-19-18(12-16)27(22(28)14-32-19)13-15-6-3-4-7-17(15)25/h3-12H,13-14H2,1-2H3,(H,26,29). The monoisotopic (exact) mass is 452 g/mol. The lowest BCUT2D eigenvalue weighted by Gasteiger charge is -2.30. The molecular weight excluding hydrogens is 432 g/mol. The van der Waals surface area contributed by atoms with Crippen LogP contribution in [0.15, 0.2) is 60.7 Å². The number of anilines is 2. The fourth-order valence-corrected chi connectivity index (χ4v) is 3.71. The number of fused-ring (bicyclic) bond motifs is 1. The van der Waals surface area contributed by atoms with Crippen molar-refractivity contribution < 1.29 is 23.8 Å². The molecule has 0 unspecified atom stereocenters.